The first kappa shape index (κ1) is 13.8. The molecule has 1 aliphatic rings. The van der Waals surface area contributed by atoms with Crippen molar-refractivity contribution in [1.82, 2.24) is 4.98 Å². The molecule has 4 heteroatoms. The molecule has 0 aliphatic carbocycles. The topological polar surface area (TPSA) is 42.2 Å². The summed E-state index contributed by atoms with van der Waals surface area (Å²) in [6.07, 6.45) is 6.47. The average molecular weight is 267 g/mol. The molecule has 1 unspecified atom stereocenters. The molecular weight excluding hydrogens is 242 g/mol. The van der Waals surface area contributed by atoms with Crippen LogP contribution >= 0.6 is 11.3 Å². The van der Waals surface area contributed by atoms with Crippen LogP contribution in [-0.4, -0.2) is 18.1 Å². The van der Waals surface area contributed by atoms with Crippen molar-refractivity contribution in [2.24, 2.45) is 5.73 Å². The van der Waals surface area contributed by atoms with Crippen LogP contribution in [-0.2, 0) is 6.54 Å². The van der Waals surface area contributed by atoms with Crippen LogP contribution in [0, 0.1) is 0 Å². The fourth-order valence-corrected chi connectivity index (χ4v) is 3.58. The van der Waals surface area contributed by atoms with Crippen LogP contribution in [0.2, 0.25) is 0 Å². The quantitative estimate of drug-likeness (QED) is 0.908. The van der Waals surface area contributed by atoms with Crippen molar-refractivity contribution >= 4 is 16.5 Å². The minimum atomic E-state index is 0.528. The van der Waals surface area contributed by atoms with E-state index in [2.05, 4.69) is 18.7 Å². The second kappa shape index (κ2) is 6.53. The highest BCUT2D eigenvalue weighted by molar-refractivity contribution is 7.15. The number of hydrogen-bond acceptors (Lipinski definition) is 4. The zero-order chi connectivity index (χ0) is 13.0. The third-order valence-electron chi connectivity index (χ3n) is 3.86. The molecule has 1 saturated heterocycles. The summed E-state index contributed by atoms with van der Waals surface area (Å²) < 4.78 is 0. The minimum absolute atomic E-state index is 0.528. The van der Waals surface area contributed by atoms with Gasteiger partial charge in [-0.1, -0.05) is 26.7 Å². The Morgan fingerprint density at radius 2 is 1.94 bits per heavy atom. The van der Waals surface area contributed by atoms with Crippen LogP contribution in [0.4, 0.5) is 5.13 Å². The SMILES string of the molecule is CCC(C)c1nc(N2CCCCCC2)sc1CN. The van der Waals surface area contributed by atoms with Crippen molar-refractivity contribution in [2.45, 2.75) is 58.4 Å². The maximum atomic E-state index is 5.87. The number of thiazole rings is 1. The van der Waals surface area contributed by atoms with Gasteiger partial charge >= 0.3 is 0 Å². The van der Waals surface area contributed by atoms with Gasteiger partial charge < -0.3 is 10.6 Å². The third kappa shape index (κ3) is 3.04. The molecule has 102 valence electrons. The Morgan fingerprint density at radius 1 is 1.28 bits per heavy atom. The van der Waals surface area contributed by atoms with Gasteiger partial charge in [0.05, 0.1) is 5.69 Å². The van der Waals surface area contributed by atoms with Crippen LogP contribution in [0.5, 0.6) is 0 Å². The number of nitrogens with zero attached hydrogens (tertiary/aromatic N) is 2. The molecule has 2 rings (SSSR count). The lowest BCUT2D eigenvalue weighted by Crippen LogP contribution is -2.23. The second-order valence-electron chi connectivity index (χ2n) is 5.22. The van der Waals surface area contributed by atoms with E-state index in [0.29, 0.717) is 12.5 Å². The predicted octanol–water partition coefficient (Wildman–Crippen LogP) is 3.50. The van der Waals surface area contributed by atoms with E-state index < -0.39 is 0 Å². The molecule has 0 saturated carbocycles. The van der Waals surface area contributed by atoms with Crippen LogP contribution in [0.25, 0.3) is 0 Å². The summed E-state index contributed by atoms with van der Waals surface area (Å²) in [6.45, 7) is 7.43. The lowest BCUT2D eigenvalue weighted by molar-refractivity contribution is 0.699. The molecule has 0 aromatic carbocycles. The van der Waals surface area contributed by atoms with Gasteiger partial charge in [0.1, 0.15) is 0 Å². The Hall–Kier alpha value is -0.610. The van der Waals surface area contributed by atoms with E-state index in [4.69, 9.17) is 10.7 Å². The zero-order valence-electron chi connectivity index (χ0n) is 11.6. The van der Waals surface area contributed by atoms with Crippen molar-refractivity contribution in [2.75, 3.05) is 18.0 Å². The predicted molar refractivity (Wildman–Crippen MR) is 79.4 cm³/mol. The standard InChI is InChI=1S/C14H25N3S/c1-3-11(2)13-12(10-15)18-14(16-13)17-8-6-4-5-7-9-17/h11H,3-10,15H2,1-2H3. The van der Waals surface area contributed by atoms with Crippen molar-refractivity contribution in [1.29, 1.82) is 0 Å². The second-order valence-corrected chi connectivity index (χ2v) is 6.28. The number of nitrogens with two attached hydrogens (primary N) is 1. The maximum absolute atomic E-state index is 5.87. The summed E-state index contributed by atoms with van der Waals surface area (Å²) in [5.41, 5.74) is 7.11. The van der Waals surface area contributed by atoms with Gasteiger partial charge in [0.25, 0.3) is 0 Å². The van der Waals surface area contributed by atoms with Crippen molar-refractivity contribution in [3.05, 3.63) is 10.6 Å². The van der Waals surface area contributed by atoms with Gasteiger partial charge in [0.15, 0.2) is 5.13 Å². The van der Waals surface area contributed by atoms with Gasteiger partial charge in [-0.15, -0.1) is 11.3 Å². The molecule has 0 radical (unpaired) electrons. The van der Waals surface area contributed by atoms with E-state index in [0.717, 1.165) is 19.5 Å². The molecule has 0 bridgehead atoms. The molecule has 3 nitrogen and oxygen atoms in total. The number of anilines is 1. The molecule has 0 spiro atoms. The average Bonchev–Trinajstić information content (AvgIpc) is 2.64. The fourth-order valence-electron chi connectivity index (χ4n) is 2.47. The van der Waals surface area contributed by atoms with Crippen molar-refractivity contribution in [3.8, 4) is 0 Å². The van der Waals surface area contributed by atoms with Gasteiger partial charge in [-0.2, -0.15) is 0 Å². The monoisotopic (exact) mass is 267 g/mol. The first-order valence-corrected chi connectivity index (χ1v) is 8.02. The summed E-state index contributed by atoms with van der Waals surface area (Å²) in [7, 11) is 0. The van der Waals surface area contributed by atoms with Gasteiger partial charge in [-0.25, -0.2) is 4.98 Å². The molecule has 1 fully saturated rings. The molecule has 1 aromatic heterocycles. The van der Waals surface area contributed by atoms with Gasteiger partial charge in [0, 0.05) is 24.5 Å². The molecule has 1 aromatic rings. The van der Waals surface area contributed by atoms with Crippen LogP contribution < -0.4 is 10.6 Å². The smallest absolute Gasteiger partial charge is 0.185 e. The highest BCUT2D eigenvalue weighted by Crippen LogP contribution is 2.32. The molecule has 0 amide bonds. The minimum Gasteiger partial charge on any atom is -0.348 e. The lowest BCUT2D eigenvalue weighted by Gasteiger charge is -2.18. The Labute approximate surface area is 114 Å². The van der Waals surface area contributed by atoms with Crippen molar-refractivity contribution in [3.63, 3.8) is 0 Å². The molecule has 1 atom stereocenters. The van der Waals surface area contributed by atoms with Gasteiger partial charge in [-0.3, -0.25) is 0 Å². The Morgan fingerprint density at radius 3 is 2.50 bits per heavy atom. The maximum Gasteiger partial charge on any atom is 0.185 e. The molecule has 2 heterocycles. The van der Waals surface area contributed by atoms with E-state index in [1.54, 1.807) is 0 Å². The number of rotatable bonds is 4. The van der Waals surface area contributed by atoms with Crippen LogP contribution in [0.15, 0.2) is 0 Å². The molecular formula is C14H25N3S. The van der Waals surface area contributed by atoms with E-state index in [1.807, 2.05) is 11.3 Å². The Bertz CT molecular complexity index is 367. The largest absolute Gasteiger partial charge is 0.348 e. The summed E-state index contributed by atoms with van der Waals surface area (Å²) in [6, 6.07) is 0. The summed E-state index contributed by atoms with van der Waals surface area (Å²) in [4.78, 5) is 8.62. The Balaban J connectivity index is 2.19. The summed E-state index contributed by atoms with van der Waals surface area (Å²) >= 11 is 1.81. The molecule has 1 aliphatic heterocycles. The third-order valence-corrected chi connectivity index (χ3v) is 5.01. The lowest BCUT2D eigenvalue weighted by atomic mass is 10.0. The number of aromatic nitrogens is 1. The van der Waals surface area contributed by atoms with Crippen LogP contribution in [0.1, 0.15) is 62.4 Å². The van der Waals surface area contributed by atoms with Gasteiger partial charge in [-0.05, 0) is 25.2 Å². The zero-order valence-corrected chi connectivity index (χ0v) is 12.4. The Kier molecular flexibility index (Phi) is 5.01. The van der Waals surface area contributed by atoms with Crippen molar-refractivity contribution < 1.29 is 0 Å². The molecule has 18 heavy (non-hydrogen) atoms. The van der Waals surface area contributed by atoms with Crippen LogP contribution in [0.3, 0.4) is 0 Å². The summed E-state index contributed by atoms with van der Waals surface area (Å²) in [5, 5.41) is 1.20. The first-order valence-electron chi connectivity index (χ1n) is 7.20. The van der Waals surface area contributed by atoms with E-state index in [9.17, 15) is 0 Å². The van der Waals surface area contributed by atoms with E-state index in [-0.39, 0.29) is 0 Å². The first-order chi connectivity index (χ1) is 8.76. The highest BCUT2D eigenvalue weighted by Gasteiger charge is 2.19. The van der Waals surface area contributed by atoms with Gasteiger partial charge in [0.2, 0.25) is 0 Å². The number of hydrogen-bond donors (Lipinski definition) is 1. The normalized spacial score (nSPS) is 18.7. The van der Waals surface area contributed by atoms with E-state index >= 15 is 0 Å². The molecule has 2 N–H and O–H groups in total. The summed E-state index contributed by atoms with van der Waals surface area (Å²) in [5.74, 6) is 0.528. The van der Waals surface area contributed by atoms with E-state index in [1.165, 1.54) is 41.4 Å². The highest BCUT2D eigenvalue weighted by atomic mass is 32.1. The fraction of sp³-hybridized carbons (Fsp3) is 0.786.